The van der Waals surface area contributed by atoms with Gasteiger partial charge in [0.15, 0.2) is 0 Å². The van der Waals surface area contributed by atoms with E-state index in [2.05, 4.69) is 10.4 Å². The van der Waals surface area contributed by atoms with E-state index >= 15 is 0 Å². The molecule has 0 radical (unpaired) electrons. The van der Waals surface area contributed by atoms with Crippen LogP contribution in [0.25, 0.3) is 17.3 Å². The van der Waals surface area contributed by atoms with Gasteiger partial charge in [-0.05, 0) is 60.9 Å². The predicted molar refractivity (Wildman–Crippen MR) is 127 cm³/mol. The smallest absolute Gasteiger partial charge is 0.324 e. The van der Waals surface area contributed by atoms with Crippen LogP contribution in [0, 0.1) is 5.82 Å². The summed E-state index contributed by atoms with van der Waals surface area (Å²) in [5.74, 6) is -0.746. The van der Waals surface area contributed by atoms with Crippen LogP contribution in [0.5, 0.6) is 0 Å². The highest BCUT2D eigenvalue weighted by atomic mass is 31.2. The third kappa shape index (κ3) is 5.14. The molecular formula is C24H27FN3O4P. The summed E-state index contributed by atoms with van der Waals surface area (Å²) in [6, 6.07) is 12.6. The molecule has 0 saturated heterocycles. The zero-order valence-corrected chi connectivity index (χ0v) is 19.6. The first-order valence-electron chi connectivity index (χ1n) is 10.5. The molecule has 1 aromatic heterocycles. The number of rotatable bonds is 8. The van der Waals surface area contributed by atoms with Crippen molar-refractivity contribution >= 4 is 25.3 Å². The van der Waals surface area contributed by atoms with Crippen molar-refractivity contribution in [1.29, 1.82) is 0 Å². The highest BCUT2D eigenvalue weighted by molar-refractivity contribution is 7.53. The van der Waals surface area contributed by atoms with Gasteiger partial charge in [-0.3, -0.25) is 14.0 Å². The molecule has 0 bridgehead atoms. The van der Waals surface area contributed by atoms with Crippen molar-refractivity contribution < 1.29 is 23.5 Å². The Morgan fingerprint density at radius 1 is 1.18 bits per heavy atom. The maximum absolute atomic E-state index is 13.3. The molecule has 3 rings (SSSR count). The highest BCUT2D eigenvalue weighted by Crippen LogP contribution is 2.61. The number of anilines is 1. The first-order valence-corrected chi connectivity index (χ1v) is 12.2. The standard InChI is InChI=1S/C24H27FN3O4P/c1-4-24(5-2,33(30,31)32)19-7-6-8-21(15-19)27-22(29)14-11-18-16-26-28(3)23(18)17-9-12-20(25)13-10-17/h6-16H,4-5H2,1-3H3,(H,27,29)(H2,30,31,32). The Bertz CT molecular complexity index is 1210. The second-order valence-electron chi connectivity index (χ2n) is 7.77. The molecule has 3 aromatic rings. The van der Waals surface area contributed by atoms with E-state index in [1.165, 1.54) is 18.2 Å². The number of carbonyl (C=O) groups is 1. The normalized spacial score (nSPS) is 12.3. The summed E-state index contributed by atoms with van der Waals surface area (Å²) >= 11 is 0. The fourth-order valence-electron chi connectivity index (χ4n) is 4.01. The van der Waals surface area contributed by atoms with Gasteiger partial charge in [0, 0.05) is 29.9 Å². The van der Waals surface area contributed by atoms with Crippen LogP contribution in [-0.2, 0) is 21.6 Å². The molecule has 0 aliphatic heterocycles. The zero-order chi connectivity index (χ0) is 24.2. The van der Waals surface area contributed by atoms with Crippen molar-refractivity contribution in [2.45, 2.75) is 31.8 Å². The minimum absolute atomic E-state index is 0.262. The molecule has 33 heavy (non-hydrogen) atoms. The van der Waals surface area contributed by atoms with E-state index in [1.54, 1.807) is 74.2 Å². The number of amides is 1. The first-order chi connectivity index (χ1) is 15.6. The van der Waals surface area contributed by atoms with Gasteiger partial charge in [-0.15, -0.1) is 0 Å². The van der Waals surface area contributed by atoms with Crippen molar-refractivity contribution in [2.24, 2.45) is 7.05 Å². The number of benzene rings is 2. The molecule has 1 heterocycles. The van der Waals surface area contributed by atoms with Gasteiger partial charge < -0.3 is 15.1 Å². The summed E-state index contributed by atoms with van der Waals surface area (Å²) in [4.78, 5) is 32.5. The molecule has 7 nitrogen and oxygen atoms in total. The fraction of sp³-hybridized carbons (Fsp3) is 0.250. The molecule has 1 amide bonds. The van der Waals surface area contributed by atoms with Crippen molar-refractivity contribution in [3.8, 4) is 11.3 Å². The van der Waals surface area contributed by atoms with E-state index in [4.69, 9.17) is 0 Å². The van der Waals surface area contributed by atoms with Gasteiger partial charge >= 0.3 is 7.60 Å². The largest absolute Gasteiger partial charge is 0.335 e. The van der Waals surface area contributed by atoms with Gasteiger partial charge in [0.1, 0.15) is 5.82 Å². The average Bonchev–Trinajstić information content (AvgIpc) is 3.14. The number of hydrogen-bond donors (Lipinski definition) is 3. The quantitative estimate of drug-likeness (QED) is 0.314. The SMILES string of the molecule is CCC(CC)(c1cccc(NC(=O)C=Cc2cnn(C)c2-c2ccc(F)cc2)c1)P(=O)(O)O. The summed E-state index contributed by atoms with van der Waals surface area (Å²) in [6.07, 6.45) is 5.10. The van der Waals surface area contributed by atoms with E-state index in [0.29, 0.717) is 16.8 Å². The van der Waals surface area contributed by atoms with Crippen LogP contribution in [0.1, 0.15) is 37.8 Å². The van der Waals surface area contributed by atoms with Gasteiger partial charge in [0.05, 0.1) is 17.0 Å². The maximum Gasteiger partial charge on any atom is 0.335 e. The second kappa shape index (κ2) is 9.83. The lowest BCUT2D eigenvalue weighted by Crippen LogP contribution is -2.24. The first kappa shape index (κ1) is 24.6. The molecule has 0 unspecified atom stereocenters. The number of halogens is 1. The van der Waals surface area contributed by atoms with Gasteiger partial charge in [0.25, 0.3) is 0 Å². The van der Waals surface area contributed by atoms with Crippen molar-refractivity contribution in [2.75, 3.05) is 5.32 Å². The summed E-state index contributed by atoms with van der Waals surface area (Å²) in [5, 5.41) is 5.66. The van der Waals surface area contributed by atoms with E-state index in [0.717, 1.165) is 11.3 Å². The highest BCUT2D eigenvalue weighted by Gasteiger charge is 2.45. The van der Waals surface area contributed by atoms with Crippen LogP contribution in [0.3, 0.4) is 0 Å². The minimum Gasteiger partial charge on any atom is -0.324 e. The summed E-state index contributed by atoms with van der Waals surface area (Å²) in [7, 11) is -2.67. The molecule has 0 atom stereocenters. The third-order valence-electron chi connectivity index (χ3n) is 5.89. The fourth-order valence-corrected chi connectivity index (χ4v) is 5.31. The Morgan fingerprint density at radius 2 is 1.85 bits per heavy atom. The minimum atomic E-state index is -4.43. The lowest BCUT2D eigenvalue weighted by atomic mass is 9.92. The monoisotopic (exact) mass is 471 g/mol. The molecule has 0 spiro atoms. The van der Waals surface area contributed by atoms with E-state index in [1.807, 2.05) is 0 Å². The molecule has 3 N–H and O–H groups in total. The number of aryl methyl sites for hydroxylation is 1. The number of nitrogens with zero attached hydrogens (tertiary/aromatic N) is 2. The molecule has 9 heteroatoms. The summed E-state index contributed by atoms with van der Waals surface area (Å²) in [5.41, 5.74) is 3.10. The van der Waals surface area contributed by atoms with Gasteiger partial charge in [-0.2, -0.15) is 5.10 Å². The lowest BCUT2D eigenvalue weighted by Gasteiger charge is -2.33. The molecule has 0 fully saturated rings. The van der Waals surface area contributed by atoms with E-state index in [-0.39, 0.29) is 18.7 Å². The zero-order valence-electron chi connectivity index (χ0n) is 18.7. The Kier molecular flexibility index (Phi) is 7.32. The van der Waals surface area contributed by atoms with Gasteiger partial charge in [-0.25, -0.2) is 4.39 Å². The van der Waals surface area contributed by atoms with Gasteiger partial charge in [-0.1, -0.05) is 26.0 Å². The number of hydrogen-bond acceptors (Lipinski definition) is 3. The van der Waals surface area contributed by atoms with Crippen LogP contribution in [0.2, 0.25) is 0 Å². The van der Waals surface area contributed by atoms with E-state index < -0.39 is 18.7 Å². The van der Waals surface area contributed by atoms with Gasteiger partial charge in [0.2, 0.25) is 5.91 Å². The van der Waals surface area contributed by atoms with Crippen LogP contribution in [-0.4, -0.2) is 25.5 Å². The Labute approximate surface area is 192 Å². The van der Waals surface area contributed by atoms with Crippen molar-refractivity contribution in [3.63, 3.8) is 0 Å². The number of aromatic nitrogens is 2. The van der Waals surface area contributed by atoms with Crippen LogP contribution in [0.4, 0.5) is 10.1 Å². The predicted octanol–water partition coefficient (Wildman–Crippen LogP) is 5.07. The van der Waals surface area contributed by atoms with Crippen molar-refractivity contribution in [1.82, 2.24) is 9.78 Å². The Hall–Kier alpha value is -3.06. The molecule has 0 aliphatic carbocycles. The molecule has 174 valence electrons. The number of nitrogens with one attached hydrogen (secondary N) is 1. The molecule has 2 aromatic carbocycles. The summed E-state index contributed by atoms with van der Waals surface area (Å²) < 4.78 is 27.2. The van der Waals surface area contributed by atoms with Crippen LogP contribution < -0.4 is 5.32 Å². The second-order valence-corrected chi connectivity index (χ2v) is 9.71. The average molecular weight is 471 g/mol. The van der Waals surface area contributed by atoms with Crippen LogP contribution in [0.15, 0.2) is 60.8 Å². The lowest BCUT2D eigenvalue weighted by molar-refractivity contribution is -0.111. The Morgan fingerprint density at radius 3 is 2.45 bits per heavy atom. The van der Waals surface area contributed by atoms with Crippen LogP contribution >= 0.6 is 7.60 Å². The van der Waals surface area contributed by atoms with Crippen molar-refractivity contribution in [3.05, 3.63) is 77.7 Å². The molecular weight excluding hydrogens is 444 g/mol. The molecule has 0 aliphatic rings. The number of carbonyl (C=O) groups excluding carboxylic acids is 1. The topological polar surface area (TPSA) is 104 Å². The Balaban J connectivity index is 1.82. The maximum atomic E-state index is 13.3. The summed E-state index contributed by atoms with van der Waals surface area (Å²) in [6.45, 7) is 3.48. The third-order valence-corrected chi connectivity index (χ3v) is 7.90. The van der Waals surface area contributed by atoms with E-state index in [9.17, 15) is 23.5 Å². The molecule has 0 saturated carbocycles.